The molecule has 0 fully saturated rings. The number of aryl methyl sites for hydroxylation is 1. The second-order valence-corrected chi connectivity index (χ2v) is 4.89. The zero-order valence-corrected chi connectivity index (χ0v) is 12.7. The molecular weight excluding hydrogens is 274 g/mol. The number of rotatable bonds is 5. The fraction of sp³-hybridized carbons (Fsp3) is 0.333. The summed E-state index contributed by atoms with van der Waals surface area (Å²) < 4.78 is 5.23. The maximum atomic E-state index is 5.82. The number of aromatic nitrogens is 2. The first-order valence-corrected chi connectivity index (χ1v) is 6.90. The van der Waals surface area contributed by atoms with Gasteiger partial charge in [-0.1, -0.05) is 12.1 Å². The molecular formula is C15H18ClN3O. The molecule has 106 valence electrons. The van der Waals surface area contributed by atoms with Crippen LogP contribution in [0.3, 0.4) is 0 Å². The highest BCUT2D eigenvalue weighted by Gasteiger charge is 2.08. The molecule has 0 unspecified atom stereocenters. The van der Waals surface area contributed by atoms with Crippen molar-refractivity contribution in [1.82, 2.24) is 9.97 Å². The monoisotopic (exact) mass is 291 g/mol. The number of halogens is 1. The van der Waals surface area contributed by atoms with E-state index in [9.17, 15) is 0 Å². The summed E-state index contributed by atoms with van der Waals surface area (Å²) in [5.41, 5.74) is 3.03. The van der Waals surface area contributed by atoms with Gasteiger partial charge in [-0.25, -0.2) is 9.97 Å². The Balaban J connectivity index is 2.14. The fourth-order valence-corrected chi connectivity index (χ4v) is 2.17. The Labute approximate surface area is 124 Å². The average molecular weight is 292 g/mol. The summed E-state index contributed by atoms with van der Waals surface area (Å²) in [5.74, 6) is 1.98. The van der Waals surface area contributed by atoms with E-state index in [1.54, 1.807) is 13.3 Å². The standard InChI is InChI=1S/C15H18ClN3O/c1-11-13(8-16)9-17-15(18-11)19(2)10-12-5-4-6-14(7-12)20-3/h4-7,9H,8,10H2,1-3H3. The molecule has 0 saturated carbocycles. The van der Waals surface area contributed by atoms with E-state index in [0.717, 1.165) is 29.1 Å². The Morgan fingerprint density at radius 1 is 1.35 bits per heavy atom. The maximum absolute atomic E-state index is 5.82. The molecule has 0 aliphatic carbocycles. The molecule has 5 heteroatoms. The Bertz CT molecular complexity index is 589. The molecule has 0 amide bonds. The van der Waals surface area contributed by atoms with Gasteiger partial charge in [-0.2, -0.15) is 0 Å². The van der Waals surface area contributed by atoms with Crippen molar-refractivity contribution in [2.75, 3.05) is 19.1 Å². The number of anilines is 1. The van der Waals surface area contributed by atoms with Crippen molar-refractivity contribution >= 4 is 17.5 Å². The summed E-state index contributed by atoms with van der Waals surface area (Å²) in [5, 5.41) is 0. The lowest BCUT2D eigenvalue weighted by molar-refractivity contribution is 0.414. The molecule has 0 radical (unpaired) electrons. The van der Waals surface area contributed by atoms with Crippen LogP contribution in [0.1, 0.15) is 16.8 Å². The highest BCUT2D eigenvalue weighted by Crippen LogP contribution is 2.17. The number of methoxy groups -OCH3 is 1. The molecule has 20 heavy (non-hydrogen) atoms. The molecule has 0 aliphatic rings. The van der Waals surface area contributed by atoms with Gasteiger partial charge in [0.2, 0.25) is 5.95 Å². The van der Waals surface area contributed by atoms with Crippen molar-refractivity contribution in [3.8, 4) is 5.75 Å². The first-order chi connectivity index (χ1) is 9.63. The van der Waals surface area contributed by atoms with Gasteiger partial charge in [-0.05, 0) is 24.6 Å². The van der Waals surface area contributed by atoms with E-state index in [1.165, 1.54) is 0 Å². The van der Waals surface area contributed by atoms with Crippen LogP contribution in [-0.2, 0) is 12.4 Å². The number of hydrogen-bond acceptors (Lipinski definition) is 4. The predicted molar refractivity (Wildman–Crippen MR) is 81.4 cm³/mol. The highest BCUT2D eigenvalue weighted by molar-refractivity contribution is 6.17. The van der Waals surface area contributed by atoms with E-state index in [4.69, 9.17) is 16.3 Å². The van der Waals surface area contributed by atoms with Gasteiger partial charge in [0.15, 0.2) is 0 Å². The quantitative estimate of drug-likeness (QED) is 0.793. The molecule has 0 atom stereocenters. The smallest absolute Gasteiger partial charge is 0.225 e. The lowest BCUT2D eigenvalue weighted by Gasteiger charge is -2.18. The van der Waals surface area contributed by atoms with Crippen molar-refractivity contribution < 1.29 is 4.74 Å². The Kier molecular flexibility index (Phi) is 4.79. The van der Waals surface area contributed by atoms with Gasteiger partial charge in [-0.15, -0.1) is 11.6 Å². The van der Waals surface area contributed by atoms with Gasteiger partial charge in [0.25, 0.3) is 0 Å². The largest absolute Gasteiger partial charge is 0.497 e. The van der Waals surface area contributed by atoms with Crippen LogP contribution in [0.5, 0.6) is 5.75 Å². The topological polar surface area (TPSA) is 38.2 Å². The van der Waals surface area contributed by atoms with Crippen LogP contribution in [0.15, 0.2) is 30.5 Å². The van der Waals surface area contributed by atoms with E-state index < -0.39 is 0 Å². The summed E-state index contributed by atoms with van der Waals surface area (Å²) in [6.07, 6.45) is 1.78. The lowest BCUT2D eigenvalue weighted by atomic mass is 10.2. The van der Waals surface area contributed by atoms with E-state index in [-0.39, 0.29) is 0 Å². The summed E-state index contributed by atoms with van der Waals surface area (Å²) in [6, 6.07) is 7.97. The van der Waals surface area contributed by atoms with E-state index in [0.29, 0.717) is 11.8 Å². The molecule has 0 saturated heterocycles. The maximum Gasteiger partial charge on any atom is 0.225 e. The molecule has 0 N–H and O–H groups in total. The van der Waals surface area contributed by atoms with Crippen molar-refractivity contribution in [2.24, 2.45) is 0 Å². The van der Waals surface area contributed by atoms with Crippen LogP contribution < -0.4 is 9.64 Å². The van der Waals surface area contributed by atoms with Gasteiger partial charge in [0.05, 0.1) is 13.0 Å². The third-order valence-corrected chi connectivity index (χ3v) is 3.40. The molecule has 0 aliphatic heterocycles. The summed E-state index contributed by atoms with van der Waals surface area (Å²) in [6.45, 7) is 2.67. The van der Waals surface area contributed by atoms with Crippen LogP contribution in [0.2, 0.25) is 0 Å². The van der Waals surface area contributed by atoms with Crippen molar-refractivity contribution in [2.45, 2.75) is 19.3 Å². The molecule has 2 aromatic rings. The number of nitrogens with zero attached hydrogens (tertiary/aromatic N) is 3. The predicted octanol–water partition coefficient (Wildman–Crippen LogP) is 3.17. The van der Waals surface area contributed by atoms with E-state index in [1.807, 2.05) is 37.1 Å². The SMILES string of the molecule is COc1cccc(CN(C)c2ncc(CCl)c(C)n2)c1. The normalized spacial score (nSPS) is 10.4. The molecule has 0 spiro atoms. The minimum atomic E-state index is 0.436. The number of ether oxygens (including phenoxy) is 1. The molecule has 1 aromatic heterocycles. The van der Waals surface area contributed by atoms with Gasteiger partial charge in [0.1, 0.15) is 5.75 Å². The van der Waals surface area contributed by atoms with Crippen LogP contribution in [0, 0.1) is 6.92 Å². The summed E-state index contributed by atoms with van der Waals surface area (Å²) >= 11 is 5.82. The Morgan fingerprint density at radius 3 is 2.80 bits per heavy atom. The third-order valence-electron chi connectivity index (χ3n) is 3.11. The zero-order chi connectivity index (χ0) is 14.5. The zero-order valence-electron chi connectivity index (χ0n) is 11.9. The molecule has 0 bridgehead atoms. The third kappa shape index (κ3) is 3.39. The Morgan fingerprint density at radius 2 is 2.15 bits per heavy atom. The molecule has 4 nitrogen and oxygen atoms in total. The summed E-state index contributed by atoms with van der Waals surface area (Å²) in [4.78, 5) is 10.8. The minimum absolute atomic E-state index is 0.436. The number of hydrogen-bond donors (Lipinski definition) is 0. The highest BCUT2D eigenvalue weighted by atomic mass is 35.5. The van der Waals surface area contributed by atoms with Crippen LogP contribution in [0.25, 0.3) is 0 Å². The molecule has 2 rings (SSSR count). The van der Waals surface area contributed by atoms with Crippen molar-refractivity contribution in [3.63, 3.8) is 0 Å². The van der Waals surface area contributed by atoms with Crippen LogP contribution in [0.4, 0.5) is 5.95 Å². The molecule has 1 aromatic carbocycles. The average Bonchev–Trinajstić information content (AvgIpc) is 2.47. The van der Waals surface area contributed by atoms with Crippen molar-refractivity contribution in [3.05, 3.63) is 47.3 Å². The van der Waals surface area contributed by atoms with Crippen LogP contribution in [-0.4, -0.2) is 24.1 Å². The lowest BCUT2D eigenvalue weighted by Crippen LogP contribution is -2.19. The van der Waals surface area contributed by atoms with Gasteiger partial charge in [-0.3, -0.25) is 0 Å². The Hall–Kier alpha value is -1.81. The fourth-order valence-electron chi connectivity index (χ4n) is 1.91. The number of benzene rings is 1. The van der Waals surface area contributed by atoms with E-state index in [2.05, 4.69) is 16.0 Å². The van der Waals surface area contributed by atoms with Crippen molar-refractivity contribution in [1.29, 1.82) is 0 Å². The first-order valence-electron chi connectivity index (χ1n) is 6.36. The number of alkyl halides is 1. The van der Waals surface area contributed by atoms with Gasteiger partial charge >= 0.3 is 0 Å². The van der Waals surface area contributed by atoms with Crippen LogP contribution >= 0.6 is 11.6 Å². The summed E-state index contributed by atoms with van der Waals surface area (Å²) in [7, 11) is 3.63. The van der Waals surface area contributed by atoms with Gasteiger partial charge < -0.3 is 9.64 Å². The first kappa shape index (κ1) is 14.6. The second-order valence-electron chi connectivity index (χ2n) is 4.62. The minimum Gasteiger partial charge on any atom is -0.497 e. The van der Waals surface area contributed by atoms with E-state index >= 15 is 0 Å². The second kappa shape index (κ2) is 6.57. The molecule has 1 heterocycles. The van der Waals surface area contributed by atoms with Gasteiger partial charge in [0, 0.05) is 31.0 Å².